The molecule has 1 N–H and O–H groups in total. The number of aldehydes is 1. The summed E-state index contributed by atoms with van der Waals surface area (Å²) in [6.45, 7) is 0. The van der Waals surface area contributed by atoms with Crippen LogP contribution < -0.4 is 0 Å². The van der Waals surface area contributed by atoms with Gasteiger partial charge in [0.25, 0.3) is 10.1 Å². The lowest BCUT2D eigenvalue weighted by Crippen LogP contribution is -1.98. The summed E-state index contributed by atoms with van der Waals surface area (Å²) < 4.78 is 29.9. The van der Waals surface area contributed by atoms with Crippen LogP contribution in [-0.2, 0) is 10.1 Å². The highest BCUT2D eigenvalue weighted by Gasteiger charge is 2.18. The fourth-order valence-electron chi connectivity index (χ4n) is 0.643. The molecule has 1 aromatic rings. The molecule has 0 aliphatic carbocycles. The molecule has 0 aromatic carbocycles. The molecule has 0 fully saturated rings. The van der Waals surface area contributed by atoms with Gasteiger partial charge in [0.2, 0.25) is 0 Å². The van der Waals surface area contributed by atoms with Crippen molar-refractivity contribution >= 4 is 39.3 Å². The van der Waals surface area contributed by atoms with Crippen molar-refractivity contribution in [3.63, 3.8) is 0 Å². The van der Waals surface area contributed by atoms with Crippen molar-refractivity contribution in [1.29, 1.82) is 0 Å². The Morgan fingerprint density at radius 1 is 1.58 bits per heavy atom. The molecule has 1 rings (SSSR count). The van der Waals surface area contributed by atoms with E-state index in [0.717, 1.165) is 17.4 Å². The number of carbonyl (C=O) groups excluding carboxylic acids is 1. The molecule has 1 aromatic heterocycles. The molecule has 4 nitrogen and oxygen atoms in total. The highest BCUT2D eigenvalue weighted by Crippen LogP contribution is 2.28. The first kappa shape index (κ1) is 9.66. The Kier molecular flexibility index (Phi) is 2.52. The average molecular weight is 227 g/mol. The van der Waals surface area contributed by atoms with Gasteiger partial charge in [-0.25, -0.2) is 0 Å². The summed E-state index contributed by atoms with van der Waals surface area (Å²) in [5.74, 6) is 0. The van der Waals surface area contributed by atoms with Crippen molar-refractivity contribution in [3.8, 4) is 0 Å². The van der Waals surface area contributed by atoms with Crippen LogP contribution in [0.5, 0.6) is 0 Å². The third-order valence-electron chi connectivity index (χ3n) is 1.08. The van der Waals surface area contributed by atoms with E-state index in [9.17, 15) is 13.2 Å². The number of hydrogen-bond acceptors (Lipinski definition) is 4. The maximum absolute atomic E-state index is 10.6. The van der Waals surface area contributed by atoms with E-state index in [1.165, 1.54) is 0 Å². The van der Waals surface area contributed by atoms with Crippen LogP contribution in [0.2, 0.25) is 4.34 Å². The van der Waals surface area contributed by atoms with Crippen LogP contribution in [-0.4, -0.2) is 19.3 Å². The third-order valence-corrected chi connectivity index (χ3v) is 3.29. The van der Waals surface area contributed by atoms with Crippen LogP contribution in [0, 0.1) is 0 Å². The number of carbonyl (C=O) groups is 1. The molecule has 66 valence electrons. The maximum atomic E-state index is 10.6. The van der Waals surface area contributed by atoms with Crippen molar-refractivity contribution in [2.24, 2.45) is 0 Å². The Morgan fingerprint density at radius 3 is 2.50 bits per heavy atom. The lowest BCUT2D eigenvalue weighted by atomic mass is 10.5. The van der Waals surface area contributed by atoms with Crippen LogP contribution in [0.25, 0.3) is 0 Å². The van der Waals surface area contributed by atoms with Crippen LogP contribution >= 0.6 is 22.9 Å². The van der Waals surface area contributed by atoms with Crippen molar-refractivity contribution in [3.05, 3.63) is 15.3 Å². The Labute approximate surface area is 77.5 Å². The van der Waals surface area contributed by atoms with Gasteiger partial charge in [-0.3, -0.25) is 9.35 Å². The van der Waals surface area contributed by atoms with Crippen molar-refractivity contribution in [1.82, 2.24) is 0 Å². The predicted molar refractivity (Wildman–Crippen MR) is 44.5 cm³/mol. The van der Waals surface area contributed by atoms with Crippen LogP contribution in [0.4, 0.5) is 0 Å². The van der Waals surface area contributed by atoms with Gasteiger partial charge in [-0.15, -0.1) is 11.3 Å². The fraction of sp³-hybridized carbons (Fsp3) is 0. The first-order chi connectivity index (χ1) is 5.45. The molecule has 0 saturated carbocycles. The Morgan fingerprint density at radius 2 is 2.17 bits per heavy atom. The molecule has 0 aliphatic rings. The second kappa shape index (κ2) is 3.14. The Bertz CT molecular complexity index is 405. The number of halogens is 1. The number of rotatable bonds is 2. The van der Waals surface area contributed by atoms with Gasteiger partial charge in [-0.1, -0.05) is 11.6 Å². The van der Waals surface area contributed by atoms with Gasteiger partial charge in [0.1, 0.15) is 4.90 Å². The van der Waals surface area contributed by atoms with E-state index in [1.807, 2.05) is 0 Å². The summed E-state index contributed by atoms with van der Waals surface area (Å²) in [4.78, 5) is 9.73. The minimum atomic E-state index is -4.33. The van der Waals surface area contributed by atoms with Crippen LogP contribution in [0.3, 0.4) is 0 Å². The van der Waals surface area contributed by atoms with Gasteiger partial charge in [-0.2, -0.15) is 8.42 Å². The van der Waals surface area contributed by atoms with Crippen molar-refractivity contribution in [2.45, 2.75) is 4.90 Å². The third kappa shape index (κ3) is 1.84. The molecular weight excluding hydrogens is 224 g/mol. The van der Waals surface area contributed by atoms with E-state index in [0.29, 0.717) is 6.29 Å². The van der Waals surface area contributed by atoms with E-state index in [-0.39, 0.29) is 9.21 Å². The smallest absolute Gasteiger partial charge is 0.296 e. The molecule has 0 saturated heterocycles. The molecule has 0 amide bonds. The fourth-order valence-corrected chi connectivity index (χ4v) is 2.75. The van der Waals surface area contributed by atoms with Gasteiger partial charge in [0.05, 0.1) is 9.21 Å². The molecular formula is C5H3ClO4S2. The Balaban J connectivity index is 3.42. The molecule has 7 heteroatoms. The second-order valence-corrected chi connectivity index (χ2v) is 4.98. The first-order valence-corrected chi connectivity index (χ1v) is 5.30. The summed E-state index contributed by atoms with van der Waals surface area (Å²) in [5, 5.41) is 0. The first-order valence-electron chi connectivity index (χ1n) is 2.67. The molecule has 1 heterocycles. The van der Waals surface area contributed by atoms with Gasteiger partial charge < -0.3 is 0 Å². The zero-order chi connectivity index (χ0) is 9.35. The molecule has 0 spiro atoms. The van der Waals surface area contributed by atoms with E-state index in [1.54, 1.807) is 0 Å². The minimum absolute atomic E-state index is 0.0949. The monoisotopic (exact) mass is 226 g/mol. The highest BCUT2D eigenvalue weighted by atomic mass is 35.5. The summed E-state index contributed by atoms with van der Waals surface area (Å²) >= 11 is 6.23. The van der Waals surface area contributed by atoms with Crippen LogP contribution in [0.1, 0.15) is 9.67 Å². The average Bonchev–Trinajstić information content (AvgIpc) is 2.29. The maximum Gasteiger partial charge on any atom is 0.296 e. The van der Waals surface area contributed by atoms with Crippen molar-refractivity contribution in [2.75, 3.05) is 0 Å². The Hall–Kier alpha value is -0.430. The SMILES string of the molecule is O=Cc1sc(Cl)cc1S(=O)(=O)O. The van der Waals surface area contributed by atoms with E-state index < -0.39 is 15.0 Å². The van der Waals surface area contributed by atoms with Crippen LogP contribution in [0.15, 0.2) is 11.0 Å². The van der Waals surface area contributed by atoms with Gasteiger partial charge >= 0.3 is 0 Å². The predicted octanol–water partition coefficient (Wildman–Crippen LogP) is 1.46. The topological polar surface area (TPSA) is 71.4 Å². The largest absolute Gasteiger partial charge is 0.297 e. The normalized spacial score (nSPS) is 11.5. The molecule has 12 heavy (non-hydrogen) atoms. The van der Waals surface area contributed by atoms with E-state index in [4.69, 9.17) is 16.2 Å². The number of thiophene rings is 1. The standard InChI is InChI=1S/C5H3ClO4S2/c6-5-1-4(12(8,9)10)3(2-7)11-5/h1-2H,(H,8,9,10). The molecule has 0 bridgehead atoms. The molecule has 0 aliphatic heterocycles. The van der Waals surface area contributed by atoms with Gasteiger partial charge in [0.15, 0.2) is 6.29 Å². The zero-order valence-electron chi connectivity index (χ0n) is 5.52. The summed E-state index contributed by atoms with van der Waals surface area (Å²) in [6, 6.07) is 1.03. The summed E-state index contributed by atoms with van der Waals surface area (Å²) in [5.41, 5.74) is 0. The van der Waals surface area contributed by atoms with Crippen molar-refractivity contribution < 1.29 is 17.8 Å². The highest BCUT2D eigenvalue weighted by molar-refractivity contribution is 7.86. The van der Waals surface area contributed by atoms with E-state index in [2.05, 4.69) is 0 Å². The second-order valence-electron chi connectivity index (χ2n) is 1.87. The quantitative estimate of drug-likeness (QED) is 0.612. The number of hydrogen-bond donors (Lipinski definition) is 1. The zero-order valence-corrected chi connectivity index (χ0v) is 7.91. The molecule has 0 unspecified atom stereocenters. The van der Waals surface area contributed by atoms with Gasteiger partial charge in [-0.05, 0) is 6.07 Å². The van der Waals surface area contributed by atoms with Gasteiger partial charge in [0, 0.05) is 0 Å². The molecule has 0 radical (unpaired) electrons. The summed E-state index contributed by atoms with van der Waals surface area (Å²) in [7, 11) is -4.33. The lowest BCUT2D eigenvalue weighted by Gasteiger charge is -1.90. The summed E-state index contributed by atoms with van der Waals surface area (Å²) in [6.07, 6.45) is 0.333. The lowest BCUT2D eigenvalue weighted by molar-refractivity contribution is 0.112. The van der Waals surface area contributed by atoms with E-state index >= 15 is 0 Å². The molecule has 0 atom stereocenters. The minimum Gasteiger partial charge on any atom is -0.297 e.